The van der Waals surface area contributed by atoms with E-state index in [-0.39, 0.29) is 0 Å². The lowest BCUT2D eigenvalue weighted by Gasteiger charge is -2.13. The standard InChI is InChI=1S/C24H24N2O3/c1-18-8-3-6-13-23(18)29-17-24-25-21-11-4-5-12-22(21)26(24)14-15-28-20-10-7-9-19(16-20)27-2/h3-13,16H,14-15,17H2,1-2H3. The molecule has 0 radical (unpaired) electrons. The van der Waals surface area contributed by atoms with Crippen LogP contribution in [0.15, 0.2) is 72.8 Å². The van der Waals surface area contributed by atoms with Gasteiger partial charge in [0.15, 0.2) is 0 Å². The fourth-order valence-electron chi connectivity index (χ4n) is 3.29. The van der Waals surface area contributed by atoms with Crippen LogP contribution < -0.4 is 14.2 Å². The van der Waals surface area contributed by atoms with E-state index in [1.807, 2.05) is 73.7 Å². The zero-order valence-corrected chi connectivity index (χ0v) is 16.7. The molecule has 0 N–H and O–H groups in total. The van der Waals surface area contributed by atoms with Crippen LogP contribution in [0.1, 0.15) is 11.4 Å². The van der Waals surface area contributed by atoms with Gasteiger partial charge in [-0.2, -0.15) is 0 Å². The number of rotatable bonds is 8. The van der Waals surface area contributed by atoms with Crippen molar-refractivity contribution in [3.05, 3.63) is 84.2 Å². The van der Waals surface area contributed by atoms with Crippen molar-refractivity contribution < 1.29 is 14.2 Å². The Hall–Kier alpha value is -3.47. The number of ether oxygens (including phenoxy) is 3. The summed E-state index contributed by atoms with van der Waals surface area (Å²) in [5.74, 6) is 3.32. The first-order chi connectivity index (χ1) is 14.2. The van der Waals surface area contributed by atoms with Crippen molar-refractivity contribution in [1.82, 2.24) is 9.55 Å². The van der Waals surface area contributed by atoms with Crippen molar-refractivity contribution in [2.24, 2.45) is 0 Å². The van der Waals surface area contributed by atoms with E-state index in [9.17, 15) is 0 Å². The number of aromatic nitrogens is 2. The summed E-state index contributed by atoms with van der Waals surface area (Å²) in [6.45, 7) is 3.63. The third-order valence-corrected chi connectivity index (χ3v) is 4.81. The van der Waals surface area contributed by atoms with Gasteiger partial charge in [0.25, 0.3) is 0 Å². The average Bonchev–Trinajstić information content (AvgIpc) is 3.11. The molecule has 4 rings (SSSR count). The zero-order valence-electron chi connectivity index (χ0n) is 16.7. The smallest absolute Gasteiger partial charge is 0.148 e. The first-order valence-electron chi connectivity index (χ1n) is 9.64. The highest BCUT2D eigenvalue weighted by Crippen LogP contribution is 2.22. The molecule has 3 aromatic carbocycles. The molecule has 29 heavy (non-hydrogen) atoms. The van der Waals surface area contributed by atoms with Crippen molar-refractivity contribution in [2.45, 2.75) is 20.1 Å². The molecule has 0 amide bonds. The molecule has 0 atom stereocenters. The SMILES string of the molecule is COc1cccc(OCCn2c(COc3ccccc3C)nc3ccccc32)c1. The molecule has 0 unspecified atom stereocenters. The summed E-state index contributed by atoms with van der Waals surface area (Å²) in [7, 11) is 1.65. The Labute approximate surface area is 170 Å². The predicted octanol–water partition coefficient (Wildman–Crippen LogP) is 5.01. The monoisotopic (exact) mass is 388 g/mol. The summed E-state index contributed by atoms with van der Waals surface area (Å²) >= 11 is 0. The topological polar surface area (TPSA) is 45.5 Å². The molecule has 0 spiro atoms. The fourth-order valence-corrected chi connectivity index (χ4v) is 3.29. The molecular weight excluding hydrogens is 364 g/mol. The lowest BCUT2D eigenvalue weighted by molar-refractivity contribution is 0.271. The van der Waals surface area contributed by atoms with Crippen LogP contribution in [0.5, 0.6) is 17.2 Å². The van der Waals surface area contributed by atoms with Gasteiger partial charge in [-0.05, 0) is 42.8 Å². The Kier molecular flexibility index (Phi) is 5.66. The van der Waals surface area contributed by atoms with Gasteiger partial charge in [0, 0.05) is 6.07 Å². The quantitative estimate of drug-likeness (QED) is 0.426. The molecule has 1 aromatic heterocycles. The van der Waals surface area contributed by atoms with Crippen molar-refractivity contribution in [3.8, 4) is 17.2 Å². The Morgan fingerprint density at radius 3 is 2.52 bits per heavy atom. The van der Waals surface area contributed by atoms with E-state index in [4.69, 9.17) is 19.2 Å². The molecular formula is C24H24N2O3. The number of benzene rings is 3. The highest BCUT2D eigenvalue weighted by molar-refractivity contribution is 5.75. The number of nitrogens with zero attached hydrogens (tertiary/aromatic N) is 2. The van der Waals surface area contributed by atoms with Gasteiger partial charge in [-0.3, -0.25) is 0 Å². The van der Waals surface area contributed by atoms with Gasteiger partial charge in [0.05, 0.1) is 24.7 Å². The second-order valence-corrected chi connectivity index (χ2v) is 6.75. The first kappa shape index (κ1) is 18.9. The van der Waals surface area contributed by atoms with Crippen LogP contribution in [-0.2, 0) is 13.2 Å². The summed E-state index contributed by atoms with van der Waals surface area (Å²) in [5, 5.41) is 0. The van der Waals surface area contributed by atoms with Crippen LogP contribution in [0, 0.1) is 6.92 Å². The molecule has 0 saturated heterocycles. The van der Waals surface area contributed by atoms with E-state index in [1.54, 1.807) is 7.11 Å². The molecule has 5 heteroatoms. The number of imidazole rings is 1. The fraction of sp³-hybridized carbons (Fsp3) is 0.208. The van der Waals surface area contributed by atoms with Gasteiger partial charge in [-0.15, -0.1) is 0 Å². The molecule has 0 bridgehead atoms. The molecule has 0 aliphatic carbocycles. The summed E-state index contributed by atoms with van der Waals surface area (Å²) in [4.78, 5) is 4.77. The third kappa shape index (κ3) is 4.35. The van der Waals surface area contributed by atoms with Crippen LogP contribution >= 0.6 is 0 Å². The van der Waals surface area contributed by atoms with E-state index in [0.29, 0.717) is 19.8 Å². The van der Waals surface area contributed by atoms with Crippen molar-refractivity contribution in [2.75, 3.05) is 13.7 Å². The molecule has 5 nitrogen and oxygen atoms in total. The van der Waals surface area contributed by atoms with Gasteiger partial charge >= 0.3 is 0 Å². The van der Waals surface area contributed by atoms with E-state index in [2.05, 4.69) is 10.6 Å². The molecule has 148 valence electrons. The molecule has 0 aliphatic rings. The zero-order chi connectivity index (χ0) is 20.1. The summed E-state index contributed by atoms with van der Waals surface area (Å²) in [6.07, 6.45) is 0. The van der Waals surface area contributed by atoms with Crippen LogP contribution in [0.2, 0.25) is 0 Å². The third-order valence-electron chi connectivity index (χ3n) is 4.81. The summed E-state index contributed by atoms with van der Waals surface area (Å²) < 4.78 is 19.4. The normalized spacial score (nSPS) is 10.8. The minimum absolute atomic E-state index is 0.401. The lowest BCUT2D eigenvalue weighted by atomic mass is 10.2. The van der Waals surface area contributed by atoms with Crippen LogP contribution in [0.3, 0.4) is 0 Å². The van der Waals surface area contributed by atoms with Gasteiger partial charge in [-0.25, -0.2) is 4.98 Å². The number of fused-ring (bicyclic) bond motifs is 1. The second-order valence-electron chi connectivity index (χ2n) is 6.75. The maximum atomic E-state index is 6.05. The highest BCUT2D eigenvalue weighted by atomic mass is 16.5. The molecule has 1 heterocycles. The van der Waals surface area contributed by atoms with Gasteiger partial charge < -0.3 is 18.8 Å². The molecule has 0 saturated carbocycles. The molecule has 0 fully saturated rings. The van der Waals surface area contributed by atoms with Crippen LogP contribution in [0.4, 0.5) is 0 Å². The second kappa shape index (κ2) is 8.69. The lowest BCUT2D eigenvalue weighted by Crippen LogP contribution is -2.13. The van der Waals surface area contributed by atoms with Crippen molar-refractivity contribution >= 4 is 11.0 Å². The number of aryl methyl sites for hydroxylation is 1. The summed E-state index contributed by atoms with van der Waals surface area (Å²) in [6, 6.07) is 23.8. The largest absolute Gasteiger partial charge is 0.497 e. The average molecular weight is 388 g/mol. The maximum Gasteiger partial charge on any atom is 0.148 e. The van der Waals surface area contributed by atoms with E-state index < -0.39 is 0 Å². The number of hydrogen-bond acceptors (Lipinski definition) is 4. The van der Waals surface area contributed by atoms with Crippen molar-refractivity contribution in [3.63, 3.8) is 0 Å². The predicted molar refractivity (Wildman–Crippen MR) is 114 cm³/mol. The Balaban J connectivity index is 1.51. The maximum absolute atomic E-state index is 6.05. The van der Waals surface area contributed by atoms with Gasteiger partial charge in [0.1, 0.15) is 36.3 Å². The van der Waals surface area contributed by atoms with E-state index in [1.165, 1.54) is 0 Å². The summed E-state index contributed by atoms with van der Waals surface area (Å²) in [5.41, 5.74) is 3.14. The van der Waals surface area contributed by atoms with E-state index in [0.717, 1.165) is 39.7 Å². The molecule has 0 aliphatic heterocycles. The first-order valence-corrected chi connectivity index (χ1v) is 9.64. The number of para-hydroxylation sites is 3. The molecule has 4 aromatic rings. The highest BCUT2D eigenvalue weighted by Gasteiger charge is 2.12. The minimum atomic E-state index is 0.401. The van der Waals surface area contributed by atoms with Crippen LogP contribution in [-0.4, -0.2) is 23.3 Å². The number of methoxy groups -OCH3 is 1. The Morgan fingerprint density at radius 1 is 0.862 bits per heavy atom. The van der Waals surface area contributed by atoms with Gasteiger partial charge in [-0.1, -0.05) is 36.4 Å². The van der Waals surface area contributed by atoms with Gasteiger partial charge in [0.2, 0.25) is 0 Å². The van der Waals surface area contributed by atoms with Crippen LogP contribution in [0.25, 0.3) is 11.0 Å². The minimum Gasteiger partial charge on any atom is -0.497 e. The number of hydrogen-bond donors (Lipinski definition) is 0. The Bertz CT molecular complexity index is 1100. The Morgan fingerprint density at radius 2 is 1.66 bits per heavy atom. The van der Waals surface area contributed by atoms with Crippen molar-refractivity contribution in [1.29, 1.82) is 0 Å². The van der Waals surface area contributed by atoms with E-state index >= 15 is 0 Å².